The molecule has 1 aliphatic carbocycles. The Morgan fingerprint density at radius 2 is 1.09 bits per heavy atom. The van der Waals surface area contributed by atoms with Crippen molar-refractivity contribution in [3.63, 3.8) is 0 Å². The van der Waals surface area contributed by atoms with Gasteiger partial charge in [0.15, 0.2) is 0 Å². The molecule has 0 fully saturated rings. The van der Waals surface area contributed by atoms with Crippen molar-refractivity contribution in [2.45, 2.75) is 19.3 Å². The maximum Gasteiger partial charge on any atom is 0.136 e. The summed E-state index contributed by atoms with van der Waals surface area (Å²) < 4.78 is 21.2. The van der Waals surface area contributed by atoms with Crippen molar-refractivity contribution in [2.24, 2.45) is 0 Å². The molecule has 8 aromatic carbocycles. The topological polar surface area (TPSA) is 13.1 Å². The molecule has 212 valence electrons. The summed E-state index contributed by atoms with van der Waals surface area (Å²) in [5, 5.41) is 11.6. The van der Waals surface area contributed by atoms with E-state index in [1.54, 1.807) is 12.1 Å². The highest BCUT2D eigenvalue weighted by molar-refractivity contribution is 6.34. The summed E-state index contributed by atoms with van der Waals surface area (Å²) in [6.07, 6.45) is 0. The molecule has 0 spiro atoms. The first-order valence-electron chi connectivity index (χ1n) is 15.5. The smallest absolute Gasteiger partial charge is 0.136 e. The van der Waals surface area contributed by atoms with Gasteiger partial charge in [-0.25, -0.2) is 4.39 Å². The highest BCUT2D eigenvalue weighted by Gasteiger charge is 2.36. The Labute approximate surface area is 259 Å². The van der Waals surface area contributed by atoms with Crippen LogP contribution in [0.3, 0.4) is 0 Å². The minimum absolute atomic E-state index is 0.0888. The fourth-order valence-corrected chi connectivity index (χ4v) is 8.17. The van der Waals surface area contributed by atoms with Gasteiger partial charge in [-0.15, -0.1) is 0 Å². The molecule has 9 aromatic rings. The number of hydrogen-bond acceptors (Lipinski definition) is 1. The molecular formula is C43H27FO. The van der Waals surface area contributed by atoms with E-state index in [0.717, 1.165) is 54.6 Å². The van der Waals surface area contributed by atoms with Crippen LogP contribution in [-0.2, 0) is 5.41 Å². The van der Waals surface area contributed by atoms with Crippen LogP contribution in [0.5, 0.6) is 0 Å². The Morgan fingerprint density at radius 1 is 0.444 bits per heavy atom. The lowest BCUT2D eigenvalue weighted by Gasteiger charge is -2.21. The zero-order valence-corrected chi connectivity index (χ0v) is 24.9. The second-order valence-corrected chi connectivity index (χ2v) is 13.0. The Balaban J connectivity index is 1.36. The van der Waals surface area contributed by atoms with Gasteiger partial charge < -0.3 is 4.42 Å². The largest absolute Gasteiger partial charge is 0.456 e. The first-order valence-corrected chi connectivity index (χ1v) is 15.5. The first-order chi connectivity index (χ1) is 22.0. The minimum atomic E-state index is -0.231. The van der Waals surface area contributed by atoms with Crippen LogP contribution in [0.2, 0.25) is 0 Å². The van der Waals surface area contributed by atoms with E-state index in [9.17, 15) is 4.39 Å². The first kappa shape index (κ1) is 24.9. The van der Waals surface area contributed by atoms with Gasteiger partial charge in [0.1, 0.15) is 17.0 Å². The van der Waals surface area contributed by atoms with Crippen molar-refractivity contribution < 1.29 is 8.81 Å². The summed E-state index contributed by atoms with van der Waals surface area (Å²) in [6.45, 7) is 4.61. The summed E-state index contributed by atoms with van der Waals surface area (Å²) in [6, 6.07) is 44.3. The molecule has 10 rings (SSSR count). The lowest BCUT2D eigenvalue weighted by molar-refractivity contribution is 0.628. The van der Waals surface area contributed by atoms with Gasteiger partial charge in [-0.1, -0.05) is 98.8 Å². The molecule has 0 radical (unpaired) electrons. The molecule has 1 aliphatic rings. The summed E-state index contributed by atoms with van der Waals surface area (Å²) in [5.41, 5.74) is 8.92. The van der Waals surface area contributed by atoms with E-state index in [-0.39, 0.29) is 11.2 Å². The van der Waals surface area contributed by atoms with Crippen molar-refractivity contribution >= 4 is 65.0 Å². The lowest BCUT2D eigenvalue weighted by atomic mass is 9.82. The quantitative estimate of drug-likeness (QED) is 0.177. The Kier molecular flexibility index (Phi) is 4.75. The zero-order chi connectivity index (χ0) is 30.0. The molecule has 1 heterocycles. The van der Waals surface area contributed by atoms with Crippen molar-refractivity contribution in [1.29, 1.82) is 0 Å². The molecule has 0 saturated heterocycles. The Bertz CT molecular complexity index is 2740. The van der Waals surface area contributed by atoms with Crippen molar-refractivity contribution in [3.05, 3.63) is 144 Å². The van der Waals surface area contributed by atoms with E-state index in [1.165, 1.54) is 49.9 Å². The summed E-state index contributed by atoms with van der Waals surface area (Å²) in [4.78, 5) is 0. The Hall–Kier alpha value is -5.47. The molecular weight excluding hydrogens is 551 g/mol. The van der Waals surface area contributed by atoms with Gasteiger partial charge >= 0.3 is 0 Å². The second kappa shape index (κ2) is 8.58. The number of benzene rings is 8. The van der Waals surface area contributed by atoms with Gasteiger partial charge in [0, 0.05) is 16.2 Å². The van der Waals surface area contributed by atoms with Gasteiger partial charge in [-0.3, -0.25) is 0 Å². The number of hydrogen-bond donors (Lipinski definition) is 0. The molecule has 0 atom stereocenters. The monoisotopic (exact) mass is 578 g/mol. The highest BCUT2D eigenvalue weighted by Crippen LogP contribution is 2.51. The fraction of sp³-hybridized carbons (Fsp3) is 0.0698. The van der Waals surface area contributed by atoms with Crippen LogP contribution in [0.4, 0.5) is 4.39 Å². The van der Waals surface area contributed by atoms with E-state index in [0.29, 0.717) is 0 Å². The number of rotatable bonds is 1. The number of halogens is 1. The van der Waals surface area contributed by atoms with Gasteiger partial charge in [0.05, 0.1) is 0 Å². The van der Waals surface area contributed by atoms with E-state index in [2.05, 4.69) is 117 Å². The summed E-state index contributed by atoms with van der Waals surface area (Å²) >= 11 is 0. The number of fused-ring (bicyclic) bond motifs is 14. The van der Waals surface area contributed by atoms with Crippen LogP contribution in [0.15, 0.2) is 132 Å². The average molecular weight is 579 g/mol. The van der Waals surface area contributed by atoms with Crippen molar-refractivity contribution in [1.82, 2.24) is 0 Å². The van der Waals surface area contributed by atoms with Crippen LogP contribution >= 0.6 is 0 Å². The standard InChI is InChI=1S/C43H27FO/c1-43(2)38-17-8-7-15-29(38)33-21-35-34-20-32-26-12-3-4-13-27(26)36-19-31(24-10-9-11-25(44)18-24)28-14-5-6-16-30(28)42(36)37(32)22-40(34)45-41(35)23-39(33)43/h3-23H,1-2H3. The summed E-state index contributed by atoms with van der Waals surface area (Å²) in [7, 11) is 0. The lowest BCUT2D eigenvalue weighted by Crippen LogP contribution is -2.14. The van der Waals surface area contributed by atoms with Crippen LogP contribution < -0.4 is 0 Å². The molecule has 1 aromatic heterocycles. The molecule has 0 saturated carbocycles. The van der Waals surface area contributed by atoms with Gasteiger partial charge in [-0.05, 0) is 119 Å². The molecule has 0 amide bonds. The predicted octanol–water partition coefficient (Wildman–Crippen LogP) is 12.3. The summed E-state index contributed by atoms with van der Waals surface area (Å²) in [5.74, 6) is -0.231. The normalized spacial score (nSPS) is 13.8. The van der Waals surface area contributed by atoms with E-state index < -0.39 is 0 Å². The van der Waals surface area contributed by atoms with Crippen LogP contribution in [-0.4, -0.2) is 0 Å². The second-order valence-electron chi connectivity index (χ2n) is 13.0. The minimum Gasteiger partial charge on any atom is -0.456 e. The van der Waals surface area contributed by atoms with Crippen LogP contribution in [0.25, 0.3) is 87.3 Å². The third kappa shape index (κ3) is 3.26. The number of furan rings is 1. The third-order valence-electron chi connectivity index (χ3n) is 10.3. The van der Waals surface area contributed by atoms with E-state index >= 15 is 0 Å². The van der Waals surface area contributed by atoms with Gasteiger partial charge in [0.2, 0.25) is 0 Å². The molecule has 0 bridgehead atoms. The average Bonchev–Trinajstić information content (AvgIpc) is 3.53. The molecule has 0 N–H and O–H groups in total. The van der Waals surface area contributed by atoms with Gasteiger partial charge in [0.25, 0.3) is 0 Å². The molecule has 0 aliphatic heterocycles. The highest BCUT2D eigenvalue weighted by atomic mass is 19.1. The molecule has 0 unspecified atom stereocenters. The maximum atomic E-state index is 14.4. The Morgan fingerprint density at radius 3 is 1.91 bits per heavy atom. The predicted molar refractivity (Wildman–Crippen MR) is 187 cm³/mol. The third-order valence-corrected chi connectivity index (χ3v) is 10.3. The van der Waals surface area contributed by atoms with Crippen LogP contribution in [0.1, 0.15) is 25.0 Å². The maximum absolute atomic E-state index is 14.4. The molecule has 45 heavy (non-hydrogen) atoms. The van der Waals surface area contributed by atoms with E-state index in [1.807, 2.05) is 6.07 Å². The van der Waals surface area contributed by atoms with Gasteiger partial charge in [-0.2, -0.15) is 0 Å². The SMILES string of the molecule is CC1(C)c2ccccc2-c2cc3c(cc21)oc1cc2c(cc13)c1ccccc1c1cc(-c3cccc(F)c3)c3ccccc3c12. The zero-order valence-electron chi connectivity index (χ0n) is 24.9. The molecule has 1 nitrogen and oxygen atoms in total. The van der Waals surface area contributed by atoms with Crippen molar-refractivity contribution in [2.75, 3.05) is 0 Å². The van der Waals surface area contributed by atoms with Crippen LogP contribution in [0, 0.1) is 5.82 Å². The molecule has 2 heteroatoms. The van der Waals surface area contributed by atoms with E-state index in [4.69, 9.17) is 4.42 Å². The van der Waals surface area contributed by atoms with Crippen molar-refractivity contribution in [3.8, 4) is 22.3 Å². The fourth-order valence-electron chi connectivity index (χ4n) is 8.17.